The first kappa shape index (κ1) is 47.1. The van der Waals surface area contributed by atoms with E-state index in [4.69, 9.17) is 48.9 Å². The van der Waals surface area contributed by atoms with Crippen molar-refractivity contribution in [3.63, 3.8) is 0 Å². The van der Waals surface area contributed by atoms with E-state index in [9.17, 15) is 0 Å². The summed E-state index contributed by atoms with van der Waals surface area (Å²) in [5, 5.41) is 11.4. The Morgan fingerprint density at radius 2 is 0.566 bits per heavy atom. The topological polar surface area (TPSA) is 146 Å². The minimum Gasteiger partial charge on any atom is -0.492 e. The summed E-state index contributed by atoms with van der Waals surface area (Å²) in [5.41, 5.74) is 9.54. The van der Waals surface area contributed by atoms with Crippen LogP contribution in [0.5, 0.6) is 23.0 Å². The van der Waals surface area contributed by atoms with Gasteiger partial charge in [0.1, 0.15) is 45.6 Å². The van der Waals surface area contributed by atoms with Gasteiger partial charge >= 0.3 is 0 Å². The van der Waals surface area contributed by atoms with Gasteiger partial charge in [-0.15, -0.1) is 0 Å². The lowest BCUT2D eigenvalue weighted by molar-refractivity contribution is 0.322. The molecule has 2 aliphatic heterocycles. The molecule has 11 aromatic rings. The molecule has 8 aromatic carbocycles. The summed E-state index contributed by atoms with van der Waals surface area (Å²) in [6.45, 7) is 19.1. The predicted molar refractivity (Wildman–Crippen MR) is 308 cm³/mol. The highest BCUT2D eigenvalue weighted by molar-refractivity contribution is 6.21. The van der Waals surface area contributed by atoms with E-state index >= 15 is 0 Å². The van der Waals surface area contributed by atoms with Crippen LogP contribution in [0.1, 0.15) is 75.6 Å². The Morgan fingerprint density at radius 1 is 0.303 bits per heavy atom. The third-order valence-corrected chi connectivity index (χ3v) is 15.1. The van der Waals surface area contributed by atoms with Crippen molar-refractivity contribution in [1.29, 1.82) is 0 Å². The van der Waals surface area contributed by atoms with Crippen LogP contribution in [0, 0.1) is 27.7 Å². The predicted octanol–water partition coefficient (Wildman–Crippen LogP) is 15.9. The van der Waals surface area contributed by atoms with E-state index in [2.05, 4.69) is 162 Å². The van der Waals surface area contributed by atoms with Gasteiger partial charge < -0.3 is 28.9 Å². The molecule has 0 unspecified atom stereocenters. The van der Waals surface area contributed by atoms with E-state index in [-0.39, 0.29) is 0 Å². The zero-order chi connectivity index (χ0) is 51.9. The van der Waals surface area contributed by atoms with E-state index in [1.165, 1.54) is 0 Å². The monoisotopic (exact) mass is 1000 g/mol. The lowest BCUT2D eigenvalue weighted by atomic mass is 9.94. The number of aromatic nitrogens is 8. The zero-order valence-electron chi connectivity index (χ0n) is 44.2. The number of H-pyrrole nitrogens is 2. The van der Waals surface area contributed by atoms with E-state index in [0.717, 1.165) is 146 Å². The molecular weight excluding hydrogens is 945 g/mol. The van der Waals surface area contributed by atoms with Crippen LogP contribution in [-0.4, -0.2) is 66.3 Å². The molecule has 378 valence electrons. The average Bonchev–Trinajstić information content (AvgIpc) is 4.31. The number of ether oxygens (including phenoxy) is 4. The smallest absolute Gasteiger partial charge is 0.168 e. The molecule has 3 aromatic heterocycles. The van der Waals surface area contributed by atoms with Gasteiger partial charge in [0.2, 0.25) is 0 Å². The number of aromatic amines is 2. The molecule has 0 radical (unpaired) electrons. The maximum absolute atomic E-state index is 6.87. The second-order valence-corrected chi connectivity index (χ2v) is 20.0. The van der Waals surface area contributed by atoms with Crippen molar-refractivity contribution in [2.24, 2.45) is 0 Å². The highest BCUT2D eigenvalue weighted by atomic mass is 16.5. The van der Waals surface area contributed by atoms with Gasteiger partial charge in [0, 0.05) is 43.4 Å². The molecule has 76 heavy (non-hydrogen) atoms. The van der Waals surface area contributed by atoms with Gasteiger partial charge in [-0.3, -0.25) is 0 Å². The fourth-order valence-electron chi connectivity index (χ4n) is 11.7. The fourth-order valence-corrected chi connectivity index (χ4v) is 11.7. The zero-order valence-corrected chi connectivity index (χ0v) is 44.2. The Bertz CT molecular complexity index is 4420. The number of rotatable bonds is 12. The maximum Gasteiger partial charge on any atom is 0.168 e. The van der Waals surface area contributed by atoms with Gasteiger partial charge in [-0.25, -0.2) is 29.9 Å². The summed E-state index contributed by atoms with van der Waals surface area (Å²) < 4.78 is 27.5. The number of benzene rings is 8. The Morgan fingerprint density at radius 3 is 0.895 bits per heavy atom. The molecule has 0 fully saturated rings. The molecule has 0 saturated carbocycles. The van der Waals surface area contributed by atoms with Crippen molar-refractivity contribution >= 4 is 87.2 Å². The molecule has 0 amide bonds. The lowest BCUT2D eigenvalue weighted by Gasteiger charge is -2.16. The summed E-state index contributed by atoms with van der Waals surface area (Å²) in [7, 11) is 0. The Labute approximate surface area is 439 Å². The summed E-state index contributed by atoms with van der Waals surface area (Å²) in [6.07, 6.45) is 3.23. The van der Waals surface area contributed by atoms with Crippen LogP contribution in [0.4, 0.5) is 0 Å². The highest BCUT2D eigenvalue weighted by Gasteiger charge is 2.33. The summed E-state index contributed by atoms with van der Waals surface area (Å²) in [4.78, 5) is 41.2. The Hall–Kier alpha value is -8.64. The van der Waals surface area contributed by atoms with Crippen molar-refractivity contribution in [2.75, 3.05) is 26.4 Å². The molecule has 13 rings (SSSR count). The normalized spacial score (nSPS) is 12.1. The van der Waals surface area contributed by atoms with E-state index < -0.39 is 0 Å². The first-order valence-electron chi connectivity index (χ1n) is 26.8. The Balaban J connectivity index is 1.31. The third-order valence-electron chi connectivity index (χ3n) is 15.1. The molecule has 5 heterocycles. The number of hydrogen-bond acceptors (Lipinski definition) is 10. The average molecular weight is 1000 g/mol. The van der Waals surface area contributed by atoms with Crippen molar-refractivity contribution in [3.8, 4) is 68.5 Å². The fraction of sp³-hybridized carbons (Fsp3) is 0.250. The molecule has 2 aliphatic rings. The van der Waals surface area contributed by atoms with Crippen LogP contribution < -0.4 is 18.9 Å². The second-order valence-electron chi connectivity index (χ2n) is 20.0. The molecule has 12 heteroatoms. The van der Waals surface area contributed by atoms with Gasteiger partial charge in [0.05, 0.1) is 48.3 Å². The van der Waals surface area contributed by atoms with Gasteiger partial charge in [-0.1, -0.05) is 125 Å². The number of fused-ring (bicyclic) bond motifs is 24. The molecule has 0 saturated heterocycles. The van der Waals surface area contributed by atoms with Crippen molar-refractivity contribution in [1.82, 2.24) is 39.9 Å². The molecule has 0 aliphatic carbocycles. The van der Waals surface area contributed by atoms with Crippen molar-refractivity contribution in [3.05, 3.63) is 119 Å². The van der Waals surface area contributed by atoms with Crippen LogP contribution in [0.25, 0.3) is 133 Å². The highest BCUT2D eigenvalue weighted by Crippen LogP contribution is 2.52. The van der Waals surface area contributed by atoms with E-state index in [0.29, 0.717) is 83.8 Å². The Kier molecular flexibility index (Phi) is 11.5. The first-order chi connectivity index (χ1) is 37.2. The summed E-state index contributed by atoms with van der Waals surface area (Å²) >= 11 is 0. The molecular formula is C64H58N8O4. The van der Waals surface area contributed by atoms with E-state index in [1.807, 2.05) is 0 Å². The maximum atomic E-state index is 6.87. The summed E-state index contributed by atoms with van der Waals surface area (Å²) in [5.74, 6) is 4.75. The van der Waals surface area contributed by atoms with Crippen LogP contribution in [0.15, 0.2) is 97.1 Å². The van der Waals surface area contributed by atoms with E-state index in [1.54, 1.807) is 0 Å². The van der Waals surface area contributed by atoms with Crippen molar-refractivity contribution < 1.29 is 18.9 Å². The minimum absolute atomic E-state index is 0.448. The SMILES string of the molecule is CCCOc1c2c(c(C)c3ccccc13)-c1nc-2nc2[nH]c(nc3nc(nc4[nH]c(n1)c1c(C)c5ccccc5c(OCCC)c41)-c1c-3c(OCCC)c3ccccc3c1C)c1c(OCCC)c3ccccc3c(C)c21. The quantitative estimate of drug-likeness (QED) is 0.121. The van der Waals surface area contributed by atoms with Gasteiger partial charge in [-0.05, 0) is 97.2 Å². The third kappa shape index (κ3) is 7.09. The van der Waals surface area contributed by atoms with Crippen LogP contribution in [-0.2, 0) is 0 Å². The standard InChI is InChI=1S/C64H58N8O4/c1-9-29-73-53-41-25-17-13-21-37(41)33(5)45-49(53)61-66-57(45)65-58-46-34(6)38-22-14-18-26-42(38)54(74-30-10-2)50(46)62(67-58)69-60-48-36(8)40-24-16-20-28-44(40)56(76-32-12-4)52(48)64(71-60)72-63-51-47(59(68-61)70-63)35(7)39-23-15-19-27-43(39)55(51)75-31-11-3/h13-28H,9-12,29-32H2,1-8H3,(H2,65,66,67,68,69,70,71,72). The second kappa shape index (κ2) is 18.6. The lowest BCUT2D eigenvalue weighted by Crippen LogP contribution is -2.00. The summed E-state index contributed by atoms with van der Waals surface area (Å²) in [6, 6.07) is 33.6. The minimum atomic E-state index is 0.448. The molecule has 0 spiro atoms. The van der Waals surface area contributed by atoms with Crippen LogP contribution in [0.2, 0.25) is 0 Å². The number of nitrogens with zero attached hydrogens (tertiary/aromatic N) is 6. The number of nitrogens with one attached hydrogen (secondary N) is 2. The largest absolute Gasteiger partial charge is 0.492 e. The number of aryl methyl sites for hydroxylation is 4. The van der Waals surface area contributed by atoms with Gasteiger partial charge in [-0.2, -0.15) is 0 Å². The van der Waals surface area contributed by atoms with Gasteiger partial charge in [0.25, 0.3) is 0 Å². The van der Waals surface area contributed by atoms with Crippen molar-refractivity contribution in [2.45, 2.75) is 81.1 Å². The molecule has 12 nitrogen and oxygen atoms in total. The van der Waals surface area contributed by atoms with Gasteiger partial charge in [0.15, 0.2) is 23.3 Å². The first-order valence-corrected chi connectivity index (χ1v) is 26.8. The molecule has 8 bridgehead atoms. The number of hydrogen-bond donors (Lipinski definition) is 2. The van der Waals surface area contributed by atoms with Crippen LogP contribution in [0.3, 0.4) is 0 Å². The van der Waals surface area contributed by atoms with Crippen LogP contribution >= 0.6 is 0 Å². The molecule has 2 N–H and O–H groups in total. The molecule has 0 atom stereocenters.